The van der Waals surface area contributed by atoms with Crippen LogP contribution in [0.4, 0.5) is 5.69 Å². The summed E-state index contributed by atoms with van der Waals surface area (Å²) in [6.45, 7) is 2.48. The second-order valence-electron chi connectivity index (χ2n) is 8.40. The molecule has 0 atom stereocenters. The second kappa shape index (κ2) is 10.2. The number of unbranched alkanes of at least 4 members (excludes halogenated alkanes) is 2. The quantitative estimate of drug-likeness (QED) is 0.210. The van der Waals surface area contributed by atoms with Crippen LogP contribution in [0, 0.1) is 0 Å². The molecule has 4 N–H and O–H groups in total. The molecular weight excluding hydrogens is 430 g/mol. The van der Waals surface area contributed by atoms with Crippen molar-refractivity contribution in [1.82, 2.24) is 9.71 Å². The minimum Gasteiger partial charge on any atom is -0.399 e. The highest BCUT2D eigenvalue weighted by Crippen LogP contribution is 2.31. The van der Waals surface area contributed by atoms with Crippen LogP contribution in [0.2, 0.25) is 0 Å². The van der Waals surface area contributed by atoms with Crippen LogP contribution in [0.5, 0.6) is 0 Å². The van der Waals surface area contributed by atoms with Crippen LogP contribution in [0.25, 0.3) is 22.2 Å². The summed E-state index contributed by atoms with van der Waals surface area (Å²) in [6, 6.07) is 23.0. The molecule has 4 aromatic rings. The van der Waals surface area contributed by atoms with Crippen molar-refractivity contribution in [3.63, 3.8) is 0 Å². The molecule has 0 bridgehead atoms. The molecule has 0 saturated carbocycles. The van der Waals surface area contributed by atoms with E-state index < -0.39 is 10.0 Å². The van der Waals surface area contributed by atoms with E-state index in [9.17, 15) is 8.42 Å². The number of para-hydroxylation sites is 1. The fourth-order valence-electron chi connectivity index (χ4n) is 4.21. The van der Waals surface area contributed by atoms with Gasteiger partial charge in [-0.3, -0.25) is 0 Å². The predicted molar refractivity (Wildman–Crippen MR) is 137 cm³/mol. The number of hydrogen-bond acceptors (Lipinski definition) is 3. The zero-order chi connectivity index (χ0) is 23.3. The van der Waals surface area contributed by atoms with Crippen molar-refractivity contribution in [2.75, 3.05) is 12.3 Å². The smallest absolute Gasteiger partial charge is 0.240 e. The molecule has 172 valence electrons. The minimum absolute atomic E-state index is 0.303. The van der Waals surface area contributed by atoms with Crippen LogP contribution >= 0.6 is 0 Å². The number of aryl methyl sites for hydroxylation is 1. The number of nitrogens with two attached hydrogens (primary N) is 1. The molecule has 0 saturated heterocycles. The summed E-state index contributed by atoms with van der Waals surface area (Å²) in [5.74, 6) is 0. The highest BCUT2D eigenvalue weighted by Gasteiger charge is 2.16. The number of nitrogen functional groups attached to an aromatic ring is 1. The molecule has 5 nitrogen and oxygen atoms in total. The van der Waals surface area contributed by atoms with Gasteiger partial charge in [-0.15, -0.1) is 0 Å². The highest BCUT2D eigenvalue weighted by atomic mass is 32.2. The molecule has 1 aromatic heterocycles. The van der Waals surface area contributed by atoms with Gasteiger partial charge in [-0.25, -0.2) is 13.1 Å². The van der Waals surface area contributed by atoms with E-state index in [2.05, 4.69) is 22.7 Å². The maximum atomic E-state index is 12.9. The van der Waals surface area contributed by atoms with Crippen LogP contribution in [0.15, 0.2) is 77.7 Å². The Morgan fingerprint density at radius 3 is 2.45 bits per heavy atom. The lowest BCUT2D eigenvalue weighted by molar-refractivity contribution is 0.581. The number of anilines is 1. The molecule has 33 heavy (non-hydrogen) atoms. The Bertz CT molecular complexity index is 1330. The number of nitrogens with one attached hydrogen (secondary N) is 2. The highest BCUT2D eigenvalue weighted by molar-refractivity contribution is 7.89. The van der Waals surface area contributed by atoms with Gasteiger partial charge < -0.3 is 10.7 Å². The topological polar surface area (TPSA) is 88.0 Å². The lowest BCUT2D eigenvalue weighted by Crippen LogP contribution is -2.26. The first-order valence-corrected chi connectivity index (χ1v) is 13.0. The molecule has 0 spiro atoms. The molecule has 0 radical (unpaired) electrons. The molecule has 0 aliphatic carbocycles. The molecule has 0 aliphatic heterocycles. The van der Waals surface area contributed by atoms with Crippen molar-refractivity contribution in [1.29, 1.82) is 0 Å². The van der Waals surface area contributed by atoms with E-state index in [1.54, 1.807) is 12.1 Å². The normalized spacial score (nSPS) is 11.8. The molecule has 0 fully saturated rings. The fourth-order valence-corrected chi connectivity index (χ4v) is 5.24. The van der Waals surface area contributed by atoms with Crippen LogP contribution in [-0.4, -0.2) is 19.9 Å². The summed E-state index contributed by atoms with van der Waals surface area (Å²) in [7, 11) is -3.57. The monoisotopic (exact) mass is 461 g/mol. The Hall–Kier alpha value is -3.09. The van der Waals surface area contributed by atoms with Gasteiger partial charge in [0.15, 0.2) is 0 Å². The van der Waals surface area contributed by atoms with Gasteiger partial charge in [0.1, 0.15) is 0 Å². The van der Waals surface area contributed by atoms with Crippen molar-refractivity contribution in [2.45, 2.75) is 43.9 Å². The van der Waals surface area contributed by atoms with E-state index in [0.29, 0.717) is 23.5 Å². The molecule has 4 rings (SSSR count). The predicted octanol–water partition coefficient (Wildman–Crippen LogP) is 5.67. The van der Waals surface area contributed by atoms with Gasteiger partial charge in [0, 0.05) is 34.4 Å². The summed E-state index contributed by atoms with van der Waals surface area (Å²) in [5, 5.41) is 1.09. The molecule has 1 heterocycles. The first-order valence-electron chi connectivity index (χ1n) is 11.5. The number of hydrogen-bond donors (Lipinski definition) is 3. The van der Waals surface area contributed by atoms with E-state index >= 15 is 0 Å². The SMILES string of the molecule is CCCCCc1ccc(S(=O)(=O)NCCc2c(-c3cccc(N)c3)[nH]c3ccccc23)cc1. The largest absolute Gasteiger partial charge is 0.399 e. The Morgan fingerprint density at radius 1 is 0.909 bits per heavy atom. The average Bonchev–Trinajstić information content (AvgIpc) is 3.18. The van der Waals surface area contributed by atoms with Gasteiger partial charge >= 0.3 is 0 Å². The number of H-pyrrole nitrogens is 1. The summed E-state index contributed by atoms with van der Waals surface area (Å²) in [6.07, 6.45) is 5.03. The third-order valence-corrected chi connectivity index (χ3v) is 7.44. The zero-order valence-electron chi connectivity index (χ0n) is 19.0. The van der Waals surface area contributed by atoms with Crippen molar-refractivity contribution < 1.29 is 8.42 Å². The van der Waals surface area contributed by atoms with Crippen LogP contribution in [-0.2, 0) is 22.9 Å². The van der Waals surface area contributed by atoms with E-state index in [1.165, 1.54) is 18.4 Å². The summed E-state index contributed by atoms with van der Waals surface area (Å²) >= 11 is 0. The Labute approximate surface area is 196 Å². The lowest BCUT2D eigenvalue weighted by Gasteiger charge is -2.09. The van der Waals surface area contributed by atoms with Gasteiger partial charge in [0.25, 0.3) is 0 Å². The van der Waals surface area contributed by atoms with E-state index in [-0.39, 0.29) is 0 Å². The average molecular weight is 462 g/mol. The van der Waals surface area contributed by atoms with Crippen molar-refractivity contribution >= 4 is 26.6 Å². The molecule has 6 heteroatoms. The third-order valence-electron chi connectivity index (χ3n) is 5.96. The van der Waals surface area contributed by atoms with Gasteiger partial charge in [-0.05, 0) is 60.7 Å². The number of rotatable bonds is 10. The minimum atomic E-state index is -3.57. The molecule has 3 aromatic carbocycles. The van der Waals surface area contributed by atoms with Gasteiger partial charge in [-0.2, -0.15) is 0 Å². The Morgan fingerprint density at radius 2 is 1.70 bits per heavy atom. The van der Waals surface area contributed by atoms with Crippen LogP contribution in [0.3, 0.4) is 0 Å². The lowest BCUT2D eigenvalue weighted by atomic mass is 10.0. The summed E-state index contributed by atoms with van der Waals surface area (Å²) in [5.41, 5.74) is 11.9. The summed E-state index contributed by atoms with van der Waals surface area (Å²) < 4.78 is 28.5. The van der Waals surface area contributed by atoms with Crippen molar-refractivity contribution in [3.8, 4) is 11.3 Å². The molecule has 0 unspecified atom stereocenters. The van der Waals surface area contributed by atoms with Crippen molar-refractivity contribution in [3.05, 3.63) is 83.9 Å². The number of aromatic nitrogens is 1. The Balaban J connectivity index is 1.50. The first-order chi connectivity index (χ1) is 16.0. The first kappa shape index (κ1) is 23.1. The number of aromatic amines is 1. The molecular formula is C27H31N3O2S. The summed E-state index contributed by atoms with van der Waals surface area (Å²) in [4.78, 5) is 3.78. The van der Waals surface area contributed by atoms with Gasteiger partial charge in [0.05, 0.1) is 4.90 Å². The van der Waals surface area contributed by atoms with E-state index in [1.807, 2.05) is 54.6 Å². The van der Waals surface area contributed by atoms with Crippen LogP contribution in [0.1, 0.15) is 37.3 Å². The molecule has 0 aliphatic rings. The second-order valence-corrected chi connectivity index (χ2v) is 10.2. The van der Waals surface area contributed by atoms with E-state index in [0.717, 1.165) is 40.6 Å². The maximum Gasteiger partial charge on any atom is 0.240 e. The van der Waals surface area contributed by atoms with Gasteiger partial charge in [0.2, 0.25) is 10.0 Å². The van der Waals surface area contributed by atoms with E-state index in [4.69, 9.17) is 5.73 Å². The zero-order valence-corrected chi connectivity index (χ0v) is 19.8. The number of fused-ring (bicyclic) bond motifs is 1. The standard InChI is InChI=1S/C27H31N3O2S/c1-2-3-4-8-20-13-15-23(16-14-20)33(31,32)29-18-17-25-24-11-5-6-12-26(24)30-27(25)21-9-7-10-22(28)19-21/h5-7,9-16,19,29-30H,2-4,8,17-18,28H2,1H3. The molecule has 0 amide bonds. The maximum absolute atomic E-state index is 12.9. The van der Waals surface area contributed by atoms with Gasteiger partial charge in [-0.1, -0.05) is 62.2 Å². The number of benzene rings is 3. The fraction of sp³-hybridized carbons (Fsp3) is 0.259. The van der Waals surface area contributed by atoms with Crippen LogP contribution < -0.4 is 10.5 Å². The Kier molecular flexibility index (Phi) is 7.16. The number of sulfonamides is 1. The third kappa shape index (κ3) is 5.46. The van der Waals surface area contributed by atoms with Crippen molar-refractivity contribution in [2.24, 2.45) is 0 Å².